The lowest BCUT2D eigenvalue weighted by atomic mass is 9.97. The fourth-order valence-corrected chi connectivity index (χ4v) is 2.37. The molecule has 0 saturated carbocycles. The van der Waals surface area contributed by atoms with Crippen molar-refractivity contribution in [3.05, 3.63) is 12.2 Å². The summed E-state index contributed by atoms with van der Waals surface area (Å²) >= 11 is 0. The molecule has 3 nitrogen and oxygen atoms in total. The molecule has 1 heterocycles. The second-order valence-electron chi connectivity index (χ2n) is 5.04. The van der Waals surface area contributed by atoms with Crippen molar-refractivity contribution in [3.8, 4) is 0 Å². The average Bonchev–Trinajstić information content (AvgIpc) is 2.35. The fraction of sp³-hybridized carbons (Fsp3) is 0.857. The number of methoxy groups -OCH3 is 1. The summed E-state index contributed by atoms with van der Waals surface area (Å²) in [4.78, 5) is 2.55. The highest BCUT2D eigenvalue weighted by molar-refractivity contribution is 4.96. The van der Waals surface area contributed by atoms with Crippen molar-refractivity contribution in [3.63, 3.8) is 0 Å². The molecule has 1 fully saturated rings. The van der Waals surface area contributed by atoms with Crippen LogP contribution in [0.15, 0.2) is 12.2 Å². The summed E-state index contributed by atoms with van der Waals surface area (Å²) in [6, 6.07) is 0. The third-order valence-corrected chi connectivity index (χ3v) is 3.47. The third kappa shape index (κ3) is 6.20. The Kier molecular flexibility index (Phi) is 7.49. The molecule has 0 spiro atoms. The highest BCUT2D eigenvalue weighted by atomic mass is 16.5. The van der Waals surface area contributed by atoms with Crippen LogP contribution >= 0.6 is 0 Å². The van der Waals surface area contributed by atoms with Crippen molar-refractivity contribution in [1.82, 2.24) is 10.2 Å². The highest BCUT2D eigenvalue weighted by Crippen LogP contribution is 2.17. The summed E-state index contributed by atoms with van der Waals surface area (Å²) in [6.07, 6.45) is 3.79. The largest absolute Gasteiger partial charge is 0.383 e. The summed E-state index contributed by atoms with van der Waals surface area (Å²) in [7, 11) is 1.75. The van der Waals surface area contributed by atoms with E-state index in [-0.39, 0.29) is 0 Å². The topological polar surface area (TPSA) is 24.5 Å². The molecule has 0 aromatic carbocycles. The number of hydrogen-bond acceptors (Lipinski definition) is 3. The number of nitrogens with one attached hydrogen (secondary N) is 1. The van der Waals surface area contributed by atoms with Crippen LogP contribution in [0.25, 0.3) is 0 Å². The minimum absolute atomic E-state index is 0.797. The number of hydrogen-bond donors (Lipinski definition) is 1. The molecular formula is C14H28N2O. The van der Waals surface area contributed by atoms with Crippen LogP contribution in [-0.4, -0.2) is 51.3 Å². The lowest BCUT2D eigenvalue weighted by Crippen LogP contribution is -2.40. The van der Waals surface area contributed by atoms with Crippen LogP contribution in [0, 0.1) is 5.92 Å². The molecule has 1 aliphatic heterocycles. The van der Waals surface area contributed by atoms with Crippen molar-refractivity contribution >= 4 is 0 Å². The Bertz CT molecular complexity index is 218. The summed E-state index contributed by atoms with van der Waals surface area (Å²) in [6.45, 7) is 12.7. The van der Waals surface area contributed by atoms with Crippen LogP contribution < -0.4 is 5.32 Å². The zero-order chi connectivity index (χ0) is 12.5. The molecule has 100 valence electrons. The summed E-state index contributed by atoms with van der Waals surface area (Å²) in [5, 5.41) is 3.47. The van der Waals surface area contributed by atoms with Crippen molar-refractivity contribution in [1.29, 1.82) is 0 Å². The van der Waals surface area contributed by atoms with Gasteiger partial charge in [-0.05, 0) is 38.3 Å². The van der Waals surface area contributed by atoms with Crippen LogP contribution in [0.5, 0.6) is 0 Å². The maximum atomic E-state index is 5.04. The first-order valence-corrected chi connectivity index (χ1v) is 6.85. The van der Waals surface area contributed by atoms with Crippen LogP contribution in [0.1, 0.15) is 26.2 Å². The first-order valence-electron chi connectivity index (χ1n) is 6.85. The second-order valence-corrected chi connectivity index (χ2v) is 5.04. The van der Waals surface area contributed by atoms with E-state index in [1.807, 2.05) is 0 Å². The number of nitrogens with zero attached hydrogens (tertiary/aromatic N) is 1. The Morgan fingerprint density at radius 3 is 3.06 bits per heavy atom. The molecule has 0 aromatic rings. The Morgan fingerprint density at radius 2 is 2.35 bits per heavy atom. The molecule has 3 heteroatoms. The summed E-state index contributed by atoms with van der Waals surface area (Å²) in [5.74, 6) is 0.797. The van der Waals surface area contributed by atoms with Gasteiger partial charge in [-0.3, -0.25) is 4.90 Å². The zero-order valence-electron chi connectivity index (χ0n) is 11.5. The molecule has 0 bridgehead atoms. The van der Waals surface area contributed by atoms with Gasteiger partial charge in [-0.1, -0.05) is 19.1 Å². The van der Waals surface area contributed by atoms with Gasteiger partial charge in [0, 0.05) is 26.7 Å². The van der Waals surface area contributed by atoms with E-state index in [1.54, 1.807) is 7.11 Å². The number of rotatable bonds is 8. The van der Waals surface area contributed by atoms with Gasteiger partial charge in [0.1, 0.15) is 0 Å². The van der Waals surface area contributed by atoms with Gasteiger partial charge in [0.25, 0.3) is 0 Å². The Balaban J connectivity index is 2.17. The first-order chi connectivity index (χ1) is 8.26. The Morgan fingerprint density at radius 1 is 1.53 bits per heavy atom. The van der Waals surface area contributed by atoms with Crippen LogP contribution in [0.3, 0.4) is 0 Å². The minimum Gasteiger partial charge on any atom is -0.383 e. The second kappa shape index (κ2) is 8.67. The summed E-state index contributed by atoms with van der Waals surface area (Å²) < 4.78 is 5.04. The van der Waals surface area contributed by atoms with E-state index in [0.29, 0.717) is 0 Å². The Hall–Kier alpha value is -0.380. The maximum absolute atomic E-state index is 5.04. The molecule has 1 N–H and O–H groups in total. The average molecular weight is 240 g/mol. The molecule has 1 atom stereocenters. The standard InChI is InChI=1S/C14H28N2O/c1-4-13(2)11-16-8-5-6-14(12-16)10-15-7-9-17-3/h14-15H,2,4-12H2,1,3H3. The van der Waals surface area contributed by atoms with Gasteiger partial charge in [-0.15, -0.1) is 0 Å². The molecular weight excluding hydrogens is 212 g/mol. The van der Waals surface area contributed by atoms with Gasteiger partial charge in [0.2, 0.25) is 0 Å². The molecule has 1 aliphatic rings. The number of piperidine rings is 1. The fourth-order valence-electron chi connectivity index (χ4n) is 2.37. The molecule has 0 aromatic heterocycles. The SMILES string of the molecule is C=C(CC)CN1CCCC(CNCCOC)C1. The number of ether oxygens (including phenoxy) is 1. The normalized spacial score (nSPS) is 21.6. The molecule has 1 saturated heterocycles. The molecule has 17 heavy (non-hydrogen) atoms. The minimum atomic E-state index is 0.797. The predicted molar refractivity (Wildman–Crippen MR) is 73.3 cm³/mol. The van der Waals surface area contributed by atoms with Gasteiger partial charge in [-0.25, -0.2) is 0 Å². The van der Waals surface area contributed by atoms with Crippen LogP contribution in [-0.2, 0) is 4.74 Å². The third-order valence-electron chi connectivity index (χ3n) is 3.47. The first kappa shape index (κ1) is 14.7. The quantitative estimate of drug-likeness (QED) is 0.518. The maximum Gasteiger partial charge on any atom is 0.0587 e. The van der Waals surface area contributed by atoms with E-state index < -0.39 is 0 Å². The van der Waals surface area contributed by atoms with Crippen molar-refractivity contribution in [2.75, 3.05) is 46.4 Å². The van der Waals surface area contributed by atoms with Crippen LogP contribution in [0.2, 0.25) is 0 Å². The van der Waals surface area contributed by atoms with E-state index >= 15 is 0 Å². The van der Waals surface area contributed by atoms with Gasteiger partial charge >= 0.3 is 0 Å². The predicted octanol–water partition coefficient (Wildman–Crippen LogP) is 1.90. The molecule has 0 aliphatic carbocycles. The van der Waals surface area contributed by atoms with Gasteiger partial charge in [0.05, 0.1) is 6.61 Å². The molecule has 0 radical (unpaired) electrons. The Labute approximate surface area is 106 Å². The van der Waals surface area contributed by atoms with Crippen molar-refractivity contribution in [2.45, 2.75) is 26.2 Å². The van der Waals surface area contributed by atoms with Gasteiger partial charge in [-0.2, -0.15) is 0 Å². The van der Waals surface area contributed by atoms with E-state index in [0.717, 1.165) is 38.6 Å². The van der Waals surface area contributed by atoms with E-state index in [2.05, 4.69) is 23.7 Å². The highest BCUT2D eigenvalue weighted by Gasteiger charge is 2.19. The van der Waals surface area contributed by atoms with Crippen molar-refractivity contribution in [2.24, 2.45) is 5.92 Å². The van der Waals surface area contributed by atoms with Crippen LogP contribution in [0.4, 0.5) is 0 Å². The molecule has 0 amide bonds. The molecule has 1 unspecified atom stereocenters. The van der Waals surface area contributed by atoms with Gasteiger partial charge < -0.3 is 10.1 Å². The zero-order valence-corrected chi connectivity index (χ0v) is 11.5. The molecule has 1 rings (SSSR count). The number of likely N-dealkylation sites (tertiary alicyclic amines) is 1. The van der Waals surface area contributed by atoms with Crippen molar-refractivity contribution < 1.29 is 4.74 Å². The lowest BCUT2D eigenvalue weighted by molar-refractivity contribution is 0.173. The smallest absolute Gasteiger partial charge is 0.0587 e. The van der Waals surface area contributed by atoms with E-state index in [4.69, 9.17) is 4.74 Å². The van der Waals surface area contributed by atoms with Gasteiger partial charge in [0.15, 0.2) is 0 Å². The monoisotopic (exact) mass is 240 g/mol. The summed E-state index contributed by atoms with van der Waals surface area (Å²) in [5.41, 5.74) is 1.36. The van der Waals surface area contributed by atoms with E-state index in [9.17, 15) is 0 Å². The van der Waals surface area contributed by atoms with E-state index in [1.165, 1.54) is 31.5 Å². The lowest BCUT2D eigenvalue weighted by Gasteiger charge is -2.33.